The Morgan fingerprint density at radius 2 is 1.82 bits per heavy atom. The first-order valence-electron chi connectivity index (χ1n) is 11.6. The summed E-state index contributed by atoms with van der Waals surface area (Å²) in [5.74, 6) is 1.99. The Labute approximate surface area is 206 Å². The molecule has 0 saturated carbocycles. The van der Waals surface area contributed by atoms with Gasteiger partial charge in [0.15, 0.2) is 0 Å². The average Bonchev–Trinajstić information content (AvgIpc) is 3.32. The van der Waals surface area contributed by atoms with E-state index < -0.39 is 0 Å². The standard InChI is InChI=1S/C27H35N3O3S/c1-19(2)13-14-28-27(31)24-18-34-26(29-24)17-30(20(3)21-9-7-6-8-10-21)16-22-11-12-23(32-4)15-25(22)33-5/h6-12,15,18-20H,13-14,16-17H2,1-5H3,(H,28,31). The Hall–Kier alpha value is -2.90. The van der Waals surface area contributed by atoms with Crippen LogP contribution in [0.15, 0.2) is 53.9 Å². The van der Waals surface area contributed by atoms with Gasteiger partial charge >= 0.3 is 0 Å². The predicted molar refractivity (Wildman–Crippen MR) is 138 cm³/mol. The highest BCUT2D eigenvalue weighted by Crippen LogP contribution is 2.30. The molecule has 1 atom stereocenters. The minimum Gasteiger partial charge on any atom is -0.497 e. The lowest BCUT2D eigenvalue weighted by atomic mass is 10.1. The van der Waals surface area contributed by atoms with Crippen LogP contribution in [-0.2, 0) is 13.1 Å². The van der Waals surface area contributed by atoms with Gasteiger partial charge in [-0.05, 0) is 30.9 Å². The number of aromatic nitrogens is 1. The lowest BCUT2D eigenvalue weighted by molar-refractivity contribution is 0.0947. The SMILES string of the molecule is COc1ccc(CN(Cc2nc(C(=O)NCCC(C)C)cs2)C(C)c2ccccc2)c(OC)c1. The van der Waals surface area contributed by atoms with Gasteiger partial charge in [-0.25, -0.2) is 4.98 Å². The monoisotopic (exact) mass is 481 g/mol. The summed E-state index contributed by atoms with van der Waals surface area (Å²) in [5.41, 5.74) is 2.77. The van der Waals surface area contributed by atoms with Crippen LogP contribution in [-0.4, -0.2) is 36.6 Å². The molecule has 1 N–H and O–H groups in total. The molecule has 1 unspecified atom stereocenters. The van der Waals surface area contributed by atoms with E-state index in [4.69, 9.17) is 9.47 Å². The van der Waals surface area contributed by atoms with Gasteiger partial charge in [-0.15, -0.1) is 11.3 Å². The van der Waals surface area contributed by atoms with E-state index in [1.807, 2.05) is 29.6 Å². The molecule has 1 aromatic heterocycles. The normalized spacial score (nSPS) is 12.1. The summed E-state index contributed by atoms with van der Waals surface area (Å²) in [6.07, 6.45) is 0.953. The number of nitrogens with one attached hydrogen (secondary N) is 1. The molecule has 0 spiro atoms. The number of hydrogen-bond donors (Lipinski definition) is 1. The van der Waals surface area contributed by atoms with Crippen molar-refractivity contribution >= 4 is 17.2 Å². The van der Waals surface area contributed by atoms with Crippen molar-refractivity contribution in [2.24, 2.45) is 5.92 Å². The quantitative estimate of drug-likeness (QED) is 0.360. The fourth-order valence-electron chi connectivity index (χ4n) is 3.70. The lowest BCUT2D eigenvalue weighted by Gasteiger charge is -2.29. The van der Waals surface area contributed by atoms with Gasteiger partial charge in [-0.1, -0.05) is 50.2 Å². The number of thiazole rings is 1. The molecule has 182 valence electrons. The van der Waals surface area contributed by atoms with Crippen LogP contribution < -0.4 is 14.8 Å². The molecule has 0 bridgehead atoms. The average molecular weight is 482 g/mol. The molecule has 2 aromatic carbocycles. The van der Waals surface area contributed by atoms with Crippen molar-refractivity contribution in [3.8, 4) is 11.5 Å². The van der Waals surface area contributed by atoms with Crippen LogP contribution in [0.25, 0.3) is 0 Å². The molecule has 0 aliphatic heterocycles. The number of methoxy groups -OCH3 is 2. The second-order valence-electron chi connectivity index (χ2n) is 8.73. The Bertz CT molecular complexity index is 1050. The molecular formula is C27H35N3O3S. The largest absolute Gasteiger partial charge is 0.497 e. The highest BCUT2D eigenvalue weighted by Gasteiger charge is 2.21. The Balaban J connectivity index is 1.80. The van der Waals surface area contributed by atoms with Crippen molar-refractivity contribution in [2.75, 3.05) is 20.8 Å². The number of carbonyl (C=O) groups is 1. The van der Waals surface area contributed by atoms with Gasteiger partial charge in [-0.3, -0.25) is 9.69 Å². The maximum absolute atomic E-state index is 12.5. The summed E-state index contributed by atoms with van der Waals surface area (Å²) in [6.45, 7) is 8.44. The number of benzene rings is 2. The highest BCUT2D eigenvalue weighted by atomic mass is 32.1. The third-order valence-corrected chi connectivity index (χ3v) is 6.66. The number of carbonyl (C=O) groups excluding carboxylic acids is 1. The van der Waals surface area contributed by atoms with Crippen molar-refractivity contribution < 1.29 is 14.3 Å². The molecule has 6 nitrogen and oxygen atoms in total. The van der Waals surface area contributed by atoms with Crippen LogP contribution in [0, 0.1) is 5.92 Å². The molecule has 3 aromatic rings. The molecule has 0 fully saturated rings. The van der Waals surface area contributed by atoms with Crippen molar-refractivity contribution in [1.29, 1.82) is 0 Å². The first-order chi connectivity index (χ1) is 16.4. The summed E-state index contributed by atoms with van der Waals surface area (Å²) in [7, 11) is 3.32. The van der Waals surface area contributed by atoms with Gasteiger partial charge in [0.25, 0.3) is 5.91 Å². The van der Waals surface area contributed by atoms with Crippen LogP contribution in [0.4, 0.5) is 0 Å². The maximum atomic E-state index is 12.5. The summed E-state index contributed by atoms with van der Waals surface area (Å²) < 4.78 is 11.0. The highest BCUT2D eigenvalue weighted by molar-refractivity contribution is 7.09. The van der Waals surface area contributed by atoms with E-state index in [1.165, 1.54) is 16.9 Å². The number of ether oxygens (including phenoxy) is 2. The van der Waals surface area contributed by atoms with E-state index in [0.717, 1.165) is 28.5 Å². The van der Waals surface area contributed by atoms with E-state index >= 15 is 0 Å². The summed E-state index contributed by atoms with van der Waals surface area (Å²) >= 11 is 1.52. The zero-order chi connectivity index (χ0) is 24.5. The molecule has 0 aliphatic rings. The van der Waals surface area contributed by atoms with E-state index in [2.05, 4.69) is 60.2 Å². The fraction of sp³-hybridized carbons (Fsp3) is 0.407. The molecule has 1 amide bonds. The third kappa shape index (κ3) is 7.05. The van der Waals surface area contributed by atoms with Crippen molar-refractivity contribution in [1.82, 2.24) is 15.2 Å². The summed E-state index contributed by atoms with van der Waals surface area (Å²) in [5, 5.41) is 5.73. The topological polar surface area (TPSA) is 63.7 Å². The van der Waals surface area contributed by atoms with Crippen LogP contribution in [0.5, 0.6) is 11.5 Å². The van der Waals surface area contributed by atoms with Gasteiger partial charge in [0.1, 0.15) is 22.2 Å². The molecule has 0 aliphatic carbocycles. The van der Waals surface area contributed by atoms with Crippen LogP contribution in [0.2, 0.25) is 0 Å². The number of rotatable bonds is 12. The zero-order valence-electron chi connectivity index (χ0n) is 20.7. The minimum atomic E-state index is -0.109. The number of nitrogens with zero attached hydrogens (tertiary/aromatic N) is 2. The molecule has 0 saturated heterocycles. The molecular weight excluding hydrogens is 446 g/mol. The zero-order valence-corrected chi connectivity index (χ0v) is 21.5. The number of hydrogen-bond acceptors (Lipinski definition) is 6. The first-order valence-corrected chi connectivity index (χ1v) is 12.5. The summed E-state index contributed by atoms with van der Waals surface area (Å²) in [4.78, 5) is 19.5. The predicted octanol–water partition coefficient (Wildman–Crippen LogP) is 5.70. The summed E-state index contributed by atoms with van der Waals surface area (Å²) in [6, 6.07) is 16.4. The van der Waals surface area contributed by atoms with Gasteiger partial charge in [0.2, 0.25) is 0 Å². The lowest BCUT2D eigenvalue weighted by Crippen LogP contribution is -2.27. The molecule has 3 rings (SSSR count). The van der Waals surface area contributed by atoms with Gasteiger partial charge in [0.05, 0.1) is 20.8 Å². The van der Waals surface area contributed by atoms with Crippen LogP contribution in [0.3, 0.4) is 0 Å². The Morgan fingerprint density at radius 3 is 2.50 bits per heavy atom. The van der Waals surface area contributed by atoms with Crippen molar-refractivity contribution in [3.63, 3.8) is 0 Å². The second-order valence-corrected chi connectivity index (χ2v) is 9.68. The maximum Gasteiger partial charge on any atom is 0.270 e. The van der Waals surface area contributed by atoms with Gasteiger partial charge in [0, 0.05) is 36.1 Å². The fourth-order valence-corrected chi connectivity index (χ4v) is 4.50. The first kappa shape index (κ1) is 25.7. The van der Waals surface area contributed by atoms with Crippen LogP contribution >= 0.6 is 11.3 Å². The van der Waals surface area contributed by atoms with E-state index in [0.29, 0.717) is 31.2 Å². The van der Waals surface area contributed by atoms with E-state index in [9.17, 15) is 4.79 Å². The van der Waals surface area contributed by atoms with Gasteiger partial charge in [-0.2, -0.15) is 0 Å². The molecule has 0 radical (unpaired) electrons. The van der Waals surface area contributed by atoms with E-state index in [-0.39, 0.29) is 11.9 Å². The third-order valence-electron chi connectivity index (χ3n) is 5.83. The number of amides is 1. The Morgan fingerprint density at radius 1 is 1.06 bits per heavy atom. The second kappa shape index (κ2) is 12.5. The molecule has 34 heavy (non-hydrogen) atoms. The smallest absolute Gasteiger partial charge is 0.270 e. The Kier molecular flexibility index (Phi) is 9.48. The van der Waals surface area contributed by atoms with Crippen molar-refractivity contribution in [3.05, 3.63) is 75.7 Å². The van der Waals surface area contributed by atoms with Gasteiger partial charge < -0.3 is 14.8 Å². The molecule has 7 heteroatoms. The minimum absolute atomic E-state index is 0.109. The van der Waals surface area contributed by atoms with Crippen molar-refractivity contribution in [2.45, 2.75) is 46.3 Å². The van der Waals surface area contributed by atoms with Crippen LogP contribution in [0.1, 0.15) is 59.9 Å². The molecule has 1 heterocycles. The van der Waals surface area contributed by atoms with E-state index in [1.54, 1.807) is 14.2 Å².